The summed E-state index contributed by atoms with van der Waals surface area (Å²) in [4.78, 5) is 44.2. The van der Waals surface area contributed by atoms with Gasteiger partial charge in [-0.2, -0.15) is 0 Å². The zero-order valence-electron chi connectivity index (χ0n) is 22.5. The molecule has 2 aliphatic rings. The molecule has 224 valence electrons. The van der Waals surface area contributed by atoms with E-state index in [4.69, 9.17) is 4.74 Å². The van der Waals surface area contributed by atoms with Crippen LogP contribution in [-0.2, 0) is 14.3 Å². The van der Waals surface area contributed by atoms with Gasteiger partial charge in [0.15, 0.2) is 11.6 Å². The van der Waals surface area contributed by atoms with Crippen LogP contribution in [0.25, 0.3) is 0 Å². The van der Waals surface area contributed by atoms with Gasteiger partial charge in [-0.25, -0.2) is 32.8 Å². The number of nitrogens with zero attached hydrogens (tertiary/aromatic N) is 4. The van der Waals surface area contributed by atoms with Gasteiger partial charge in [0.2, 0.25) is 6.41 Å². The summed E-state index contributed by atoms with van der Waals surface area (Å²) in [5, 5.41) is 4.11. The summed E-state index contributed by atoms with van der Waals surface area (Å²) >= 11 is 0. The third-order valence-corrected chi connectivity index (χ3v) is 7.02. The number of carbonyl (C=O) groups excluding carboxylic acids is 3. The molecule has 0 saturated carbocycles. The molecule has 0 bridgehead atoms. The highest BCUT2D eigenvalue weighted by Crippen LogP contribution is 2.36. The Kier molecular flexibility index (Phi) is 12.4. The van der Waals surface area contributed by atoms with Crippen LogP contribution in [0.1, 0.15) is 43.0 Å². The van der Waals surface area contributed by atoms with E-state index in [1.165, 1.54) is 13.0 Å². The van der Waals surface area contributed by atoms with Crippen molar-refractivity contribution in [3.8, 4) is 0 Å². The summed E-state index contributed by atoms with van der Waals surface area (Å²) in [5.41, 5.74) is 1.01. The van der Waals surface area contributed by atoms with Gasteiger partial charge in [-0.1, -0.05) is 12.1 Å². The minimum absolute atomic E-state index is 0. The molecule has 1 aromatic carbocycles. The van der Waals surface area contributed by atoms with Crippen LogP contribution in [0.3, 0.4) is 0 Å². The Balaban J connectivity index is 0.00000294. The predicted molar refractivity (Wildman–Crippen MR) is 149 cm³/mol. The van der Waals surface area contributed by atoms with E-state index in [9.17, 15) is 23.2 Å². The maximum atomic E-state index is 15.3. The number of rotatable bonds is 9. The Bertz CT molecular complexity index is 1250. The van der Waals surface area contributed by atoms with Gasteiger partial charge in [-0.15, -0.1) is 24.8 Å². The molecule has 0 radical (unpaired) electrons. The van der Waals surface area contributed by atoms with E-state index < -0.39 is 42.4 Å². The Morgan fingerprint density at radius 3 is 2.49 bits per heavy atom. The van der Waals surface area contributed by atoms with Gasteiger partial charge in [0, 0.05) is 30.1 Å². The second-order valence-electron chi connectivity index (χ2n) is 9.54. The van der Waals surface area contributed by atoms with Gasteiger partial charge in [0.05, 0.1) is 19.2 Å². The molecular formula is C27H32Cl2F3N5O4. The van der Waals surface area contributed by atoms with Crippen LogP contribution in [-0.4, -0.2) is 77.8 Å². The van der Waals surface area contributed by atoms with Crippen molar-refractivity contribution in [3.63, 3.8) is 0 Å². The number of amides is 3. The normalized spacial score (nSPS) is 18.5. The second-order valence-corrected chi connectivity index (χ2v) is 9.54. The van der Waals surface area contributed by atoms with E-state index >= 15 is 4.39 Å². The smallest absolute Gasteiger partial charge is 0.341 e. The number of benzene rings is 1. The molecule has 2 unspecified atom stereocenters. The third kappa shape index (κ3) is 7.69. The molecule has 14 heteroatoms. The van der Waals surface area contributed by atoms with Crippen molar-refractivity contribution in [2.24, 2.45) is 0 Å². The molecule has 9 nitrogen and oxygen atoms in total. The molecule has 2 aromatic rings. The summed E-state index contributed by atoms with van der Waals surface area (Å²) in [6.07, 6.45) is 2.08. The minimum atomic E-state index is -1.55. The van der Waals surface area contributed by atoms with Crippen molar-refractivity contribution >= 4 is 43.2 Å². The lowest BCUT2D eigenvalue weighted by Gasteiger charge is -2.42. The number of alkyl halides is 1. The van der Waals surface area contributed by atoms with Gasteiger partial charge in [0.1, 0.15) is 12.2 Å². The van der Waals surface area contributed by atoms with Crippen LogP contribution < -0.4 is 5.32 Å². The zero-order valence-corrected chi connectivity index (χ0v) is 24.1. The summed E-state index contributed by atoms with van der Waals surface area (Å²) in [5.74, 6) is -2.91. The van der Waals surface area contributed by atoms with Crippen molar-refractivity contribution in [1.82, 2.24) is 25.2 Å². The quantitative estimate of drug-likeness (QED) is 0.333. The number of aromatic nitrogens is 1. The monoisotopic (exact) mass is 617 g/mol. The van der Waals surface area contributed by atoms with E-state index in [1.54, 1.807) is 6.20 Å². The molecule has 0 spiro atoms. The number of methoxy groups -OCH3 is 1. The van der Waals surface area contributed by atoms with Crippen LogP contribution in [0, 0.1) is 11.6 Å². The fourth-order valence-electron chi connectivity index (χ4n) is 5.11. The minimum Gasteiger partial charge on any atom is -0.466 e. The molecule has 1 saturated heterocycles. The SMILES string of the molecule is COC(=O)C1=C(C)NC(=O)N(N(C=O)CC(F)CN2CCC(c3ccccn3)CC2)C1c1ccc(F)c(F)c1.Cl.Cl. The third-order valence-electron chi connectivity index (χ3n) is 7.02. The lowest BCUT2D eigenvalue weighted by atomic mass is 9.93. The molecule has 1 N–H and O–H groups in total. The number of hydrogen-bond acceptors (Lipinski definition) is 6. The van der Waals surface area contributed by atoms with Crippen LogP contribution in [0.4, 0.5) is 18.0 Å². The maximum absolute atomic E-state index is 15.3. The van der Waals surface area contributed by atoms with Crippen LogP contribution in [0.5, 0.6) is 0 Å². The lowest BCUT2D eigenvalue weighted by Crippen LogP contribution is -2.57. The number of ether oxygens (including phenoxy) is 1. The first-order valence-corrected chi connectivity index (χ1v) is 12.6. The van der Waals surface area contributed by atoms with Gasteiger partial charge >= 0.3 is 12.0 Å². The van der Waals surface area contributed by atoms with E-state index in [2.05, 4.69) is 10.3 Å². The number of piperidine rings is 1. The average Bonchev–Trinajstić information content (AvgIpc) is 2.93. The molecule has 4 rings (SSSR count). The summed E-state index contributed by atoms with van der Waals surface area (Å²) in [7, 11) is 1.12. The number of halogens is 5. The van der Waals surface area contributed by atoms with E-state index in [0.29, 0.717) is 13.1 Å². The topological polar surface area (TPSA) is 95.1 Å². The number of carbonyl (C=O) groups is 3. The largest absolute Gasteiger partial charge is 0.466 e. The zero-order chi connectivity index (χ0) is 28.1. The van der Waals surface area contributed by atoms with Gasteiger partial charge in [-0.3, -0.25) is 9.78 Å². The number of hydrazine groups is 1. The van der Waals surface area contributed by atoms with Gasteiger partial charge < -0.3 is 15.0 Å². The molecule has 2 aliphatic heterocycles. The Labute approximate surface area is 248 Å². The summed E-state index contributed by atoms with van der Waals surface area (Å²) in [6, 6.07) is 6.42. The maximum Gasteiger partial charge on any atom is 0.341 e. The van der Waals surface area contributed by atoms with Crippen molar-refractivity contribution in [2.45, 2.75) is 37.9 Å². The Morgan fingerprint density at radius 1 is 1.20 bits per heavy atom. The van der Waals surface area contributed by atoms with Crippen molar-refractivity contribution < 1.29 is 32.3 Å². The second kappa shape index (κ2) is 15.0. The van der Waals surface area contributed by atoms with E-state index in [1.807, 2.05) is 23.1 Å². The number of urea groups is 1. The number of pyridine rings is 1. The average molecular weight is 618 g/mol. The fourth-order valence-corrected chi connectivity index (χ4v) is 5.11. The number of nitrogens with one attached hydrogen (secondary N) is 1. The number of likely N-dealkylation sites (tertiary alicyclic amines) is 1. The summed E-state index contributed by atoms with van der Waals surface area (Å²) < 4.78 is 48.1. The molecule has 2 atom stereocenters. The number of hydrogen-bond donors (Lipinski definition) is 1. The molecule has 1 fully saturated rings. The van der Waals surface area contributed by atoms with Crippen LogP contribution >= 0.6 is 24.8 Å². The first-order valence-electron chi connectivity index (χ1n) is 12.6. The highest BCUT2D eigenvalue weighted by atomic mass is 35.5. The Morgan fingerprint density at radius 2 is 1.90 bits per heavy atom. The van der Waals surface area contributed by atoms with Crippen LogP contribution in [0.2, 0.25) is 0 Å². The number of allylic oxidation sites excluding steroid dienone is 1. The molecule has 3 amide bonds. The molecule has 41 heavy (non-hydrogen) atoms. The number of esters is 1. The molecule has 0 aliphatic carbocycles. The highest BCUT2D eigenvalue weighted by Gasteiger charge is 2.42. The van der Waals surface area contributed by atoms with E-state index in [-0.39, 0.29) is 60.5 Å². The standard InChI is InChI=1S/C27H30F3N5O4.2ClH/c1-17-24(26(37)39-2)25(19-6-7-21(29)22(30)13-19)35(27(38)32-17)34(16-36)15-20(28)14-33-11-8-18(9-12-33)23-5-3-4-10-31-23;;/h3-7,10,13,16,18,20,25H,8-9,11-12,14-15H2,1-2H3,(H,32,38);2*1H. The first-order chi connectivity index (χ1) is 18.7. The van der Waals surface area contributed by atoms with E-state index in [0.717, 1.165) is 47.8 Å². The fraction of sp³-hybridized carbons (Fsp3) is 0.407. The van der Waals surface area contributed by atoms with Gasteiger partial charge in [0.25, 0.3) is 0 Å². The highest BCUT2D eigenvalue weighted by molar-refractivity contribution is 5.95. The Hall–Kier alpha value is -3.35. The van der Waals surface area contributed by atoms with Crippen molar-refractivity contribution in [3.05, 3.63) is 76.8 Å². The first kappa shape index (κ1) is 33.9. The summed E-state index contributed by atoms with van der Waals surface area (Å²) in [6.45, 7) is 2.22. The van der Waals surface area contributed by atoms with Crippen molar-refractivity contribution in [2.75, 3.05) is 33.3 Å². The molecule has 3 heterocycles. The predicted octanol–water partition coefficient (Wildman–Crippen LogP) is 4.31. The van der Waals surface area contributed by atoms with Crippen LogP contribution in [0.15, 0.2) is 53.9 Å². The van der Waals surface area contributed by atoms with Gasteiger partial charge in [-0.05, 0) is 62.7 Å². The molecule has 1 aromatic heterocycles. The lowest BCUT2D eigenvalue weighted by molar-refractivity contribution is -0.142. The van der Waals surface area contributed by atoms with Crippen molar-refractivity contribution in [1.29, 1.82) is 0 Å². The molecular weight excluding hydrogens is 586 g/mol.